The smallest absolute Gasteiger partial charge is 0.272 e. The van der Waals surface area contributed by atoms with Crippen LogP contribution in [0.2, 0.25) is 0 Å². The number of aromatic nitrogens is 2. The molecule has 0 spiro atoms. The predicted molar refractivity (Wildman–Crippen MR) is 109 cm³/mol. The van der Waals surface area contributed by atoms with E-state index in [2.05, 4.69) is 10.3 Å². The zero-order valence-electron chi connectivity index (χ0n) is 15.8. The number of hydrogen-bond donors (Lipinski definition) is 1. The number of imidazole rings is 1. The Balaban J connectivity index is 1.41. The topological polar surface area (TPSA) is 101 Å². The van der Waals surface area contributed by atoms with Gasteiger partial charge in [0.25, 0.3) is 5.91 Å². The summed E-state index contributed by atoms with van der Waals surface area (Å²) in [6, 6.07) is 7.05. The van der Waals surface area contributed by atoms with Gasteiger partial charge in [0.1, 0.15) is 0 Å². The van der Waals surface area contributed by atoms with Gasteiger partial charge in [-0.05, 0) is 35.6 Å². The van der Waals surface area contributed by atoms with Gasteiger partial charge in [0.15, 0.2) is 5.69 Å². The van der Waals surface area contributed by atoms with Gasteiger partial charge in [-0.2, -0.15) is 0 Å². The van der Waals surface area contributed by atoms with Gasteiger partial charge >= 0.3 is 0 Å². The fourth-order valence-corrected chi connectivity index (χ4v) is 5.09. The van der Waals surface area contributed by atoms with Crippen molar-refractivity contribution in [3.63, 3.8) is 0 Å². The summed E-state index contributed by atoms with van der Waals surface area (Å²) in [5, 5.41) is 4.54. The molecule has 3 aromatic rings. The number of fused-ring (bicyclic) bond motifs is 2. The van der Waals surface area contributed by atoms with Crippen molar-refractivity contribution in [2.45, 2.75) is 24.5 Å². The second kappa shape index (κ2) is 7.60. The molecule has 3 aromatic heterocycles. The average Bonchev–Trinajstić information content (AvgIpc) is 3.31. The molecule has 0 fully saturated rings. The van der Waals surface area contributed by atoms with Crippen LogP contribution in [0.5, 0.6) is 0 Å². The number of nitrogens with one attached hydrogen (secondary N) is 1. The van der Waals surface area contributed by atoms with E-state index in [-0.39, 0.29) is 29.7 Å². The van der Waals surface area contributed by atoms with Gasteiger partial charge in [-0.3, -0.25) is 14.0 Å². The Morgan fingerprint density at radius 3 is 2.90 bits per heavy atom. The number of hydrogen-bond acceptors (Lipinski definition) is 6. The summed E-state index contributed by atoms with van der Waals surface area (Å²) in [5.41, 5.74) is 1.62. The molecule has 152 valence electrons. The Morgan fingerprint density at radius 1 is 1.28 bits per heavy atom. The summed E-state index contributed by atoms with van der Waals surface area (Å²) in [7, 11) is -3.60. The molecule has 4 rings (SSSR count). The van der Waals surface area contributed by atoms with Crippen LogP contribution >= 0.6 is 11.3 Å². The summed E-state index contributed by atoms with van der Waals surface area (Å²) in [4.78, 5) is 32.2. The first-order chi connectivity index (χ1) is 13.8. The predicted octanol–water partition coefficient (Wildman–Crippen LogP) is 1.50. The lowest BCUT2D eigenvalue weighted by molar-refractivity contribution is -0.131. The summed E-state index contributed by atoms with van der Waals surface area (Å²) >= 11 is 1.72. The third kappa shape index (κ3) is 3.90. The van der Waals surface area contributed by atoms with E-state index >= 15 is 0 Å². The fourth-order valence-electron chi connectivity index (χ4n) is 3.42. The molecule has 0 unspecified atom stereocenters. The van der Waals surface area contributed by atoms with Crippen molar-refractivity contribution >= 4 is 38.5 Å². The first kappa shape index (κ1) is 19.6. The number of amides is 2. The van der Waals surface area contributed by atoms with Gasteiger partial charge in [-0.15, -0.1) is 11.3 Å². The minimum atomic E-state index is -3.60. The molecule has 2 amide bonds. The van der Waals surface area contributed by atoms with Crippen LogP contribution in [0.1, 0.15) is 27.3 Å². The van der Waals surface area contributed by atoms with Gasteiger partial charge < -0.3 is 10.2 Å². The highest BCUT2D eigenvalue weighted by Gasteiger charge is 2.24. The fraction of sp³-hybridized carbons (Fsp3) is 0.316. The number of sulfone groups is 1. The van der Waals surface area contributed by atoms with Crippen LogP contribution in [-0.4, -0.2) is 53.9 Å². The van der Waals surface area contributed by atoms with E-state index in [0.29, 0.717) is 18.6 Å². The van der Waals surface area contributed by atoms with Crippen LogP contribution in [0.4, 0.5) is 0 Å². The molecule has 4 heterocycles. The lowest BCUT2D eigenvalue weighted by Gasteiger charge is -2.27. The highest BCUT2D eigenvalue weighted by molar-refractivity contribution is 7.90. The number of rotatable bonds is 5. The van der Waals surface area contributed by atoms with Crippen molar-refractivity contribution in [1.29, 1.82) is 0 Å². The molecule has 0 radical (unpaired) electrons. The molecule has 1 aliphatic heterocycles. The van der Waals surface area contributed by atoms with Gasteiger partial charge in [-0.25, -0.2) is 13.4 Å². The van der Waals surface area contributed by atoms with E-state index in [1.54, 1.807) is 40.6 Å². The van der Waals surface area contributed by atoms with Gasteiger partial charge in [0.2, 0.25) is 20.9 Å². The van der Waals surface area contributed by atoms with Gasteiger partial charge in [0, 0.05) is 43.4 Å². The number of nitrogens with zero attached hydrogens (tertiary/aromatic N) is 3. The van der Waals surface area contributed by atoms with E-state index < -0.39 is 15.7 Å². The zero-order chi connectivity index (χ0) is 20.6. The first-order valence-corrected chi connectivity index (χ1v) is 11.9. The lowest BCUT2D eigenvalue weighted by atomic mass is 10.1. The van der Waals surface area contributed by atoms with E-state index in [9.17, 15) is 18.0 Å². The third-order valence-corrected chi connectivity index (χ3v) is 6.82. The zero-order valence-corrected chi connectivity index (χ0v) is 17.4. The van der Waals surface area contributed by atoms with Crippen molar-refractivity contribution in [3.8, 4) is 0 Å². The second-order valence-electron chi connectivity index (χ2n) is 6.91. The van der Waals surface area contributed by atoms with Crippen molar-refractivity contribution in [1.82, 2.24) is 19.6 Å². The summed E-state index contributed by atoms with van der Waals surface area (Å²) in [5.74, 6) is -0.524. The van der Waals surface area contributed by atoms with Crippen LogP contribution in [0, 0.1) is 0 Å². The molecule has 29 heavy (non-hydrogen) atoms. The van der Waals surface area contributed by atoms with Crippen molar-refractivity contribution < 1.29 is 18.0 Å². The van der Waals surface area contributed by atoms with Gasteiger partial charge in [-0.1, -0.05) is 6.07 Å². The molecule has 1 aliphatic rings. The third-order valence-electron chi connectivity index (χ3n) is 4.85. The molecule has 0 bridgehead atoms. The SMILES string of the molecule is CS(=O)(=O)c1nc(C(=O)NCCC(=O)N2CCc3sccc3C2)c2ccccn12. The summed E-state index contributed by atoms with van der Waals surface area (Å²) in [6.07, 6.45) is 3.64. The minimum absolute atomic E-state index is 0.0197. The van der Waals surface area contributed by atoms with Crippen LogP contribution in [0.15, 0.2) is 41.0 Å². The highest BCUT2D eigenvalue weighted by Crippen LogP contribution is 2.24. The normalized spacial score (nSPS) is 14.0. The monoisotopic (exact) mass is 432 g/mol. The number of carbonyl (C=O) groups is 2. The number of thiophene rings is 1. The molecular formula is C19H20N4O4S2. The maximum Gasteiger partial charge on any atom is 0.272 e. The molecule has 0 saturated heterocycles. The molecule has 0 aromatic carbocycles. The molecule has 8 nitrogen and oxygen atoms in total. The van der Waals surface area contributed by atoms with E-state index in [1.165, 1.54) is 14.8 Å². The second-order valence-corrected chi connectivity index (χ2v) is 9.82. The average molecular weight is 433 g/mol. The van der Waals surface area contributed by atoms with Crippen molar-refractivity contribution in [3.05, 3.63) is 52.0 Å². The Hall–Kier alpha value is -2.72. The van der Waals surface area contributed by atoms with E-state index in [4.69, 9.17) is 0 Å². The Bertz CT molecular complexity index is 1200. The molecule has 10 heteroatoms. The maximum atomic E-state index is 12.6. The Morgan fingerprint density at radius 2 is 2.10 bits per heavy atom. The van der Waals surface area contributed by atoms with Crippen LogP contribution in [0.25, 0.3) is 5.52 Å². The first-order valence-electron chi connectivity index (χ1n) is 9.13. The Kier molecular flexibility index (Phi) is 5.13. The number of pyridine rings is 1. The molecule has 0 saturated carbocycles. The summed E-state index contributed by atoms with van der Waals surface area (Å²) in [6.45, 7) is 1.45. The van der Waals surface area contributed by atoms with Crippen LogP contribution in [0.3, 0.4) is 0 Å². The van der Waals surface area contributed by atoms with Gasteiger partial charge in [0.05, 0.1) is 5.52 Å². The van der Waals surface area contributed by atoms with E-state index in [0.717, 1.165) is 12.7 Å². The summed E-state index contributed by atoms with van der Waals surface area (Å²) < 4.78 is 25.3. The largest absolute Gasteiger partial charge is 0.350 e. The van der Waals surface area contributed by atoms with Crippen LogP contribution in [-0.2, 0) is 27.6 Å². The van der Waals surface area contributed by atoms with Crippen LogP contribution < -0.4 is 5.32 Å². The molecular weight excluding hydrogens is 412 g/mol. The minimum Gasteiger partial charge on any atom is -0.350 e. The van der Waals surface area contributed by atoms with Crippen molar-refractivity contribution in [2.24, 2.45) is 0 Å². The maximum absolute atomic E-state index is 12.6. The standard InChI is InChI=1S/C19H20N4O4S2/c1-29(26,27)19-21-17(14-4-2-3-9-23(14)19)18(25)20-8-5-16(24)22-10-6-15-13(12-22)7-11-28-15/h2-4,7,9,11H,5-6,8,10,12H2,1H3,(H,20,25). The van der Waals surface area contributed by atoms with Crippen molar-refractivity contribution in [2.75, 3.05) is 19.3 Å². The molecule has 0 aliphatic carbocycles. The lowest BCUT2D eigenvalue weighted by Crippen LogP contribution is -2.37. The molecule has 0 atom stereocenters. The Labute approximate surface area is 172 Å². The quantitative estimate of drug-likeness (QED) is 0.659. The number of carbonyl (C=O) groups excluding carboxylic acids is 2. The van der Waals surface area contributed by atoms with E-state index in [1.807, 2.05) is 11.4 Å². The highest BCUT2D eigenvalue weighted by atomic mass is 32.2. The molecule has 1 N–H and O–H groups in total.